The Balaban J connectivity index is 2.38. The van der Waals surface area contributed by atoms with Crippen LogP contribution in [0.5, 0.6) is 11.6 Å². The van der Waals surface area contributed by atoms with Crippen LogP contribution in [0.15, 0.2) is 22.7 Å². The number of nitrogens with zero attached hydrogens (tertiary/aromatic N) is 2. The molecule has 0 aliphatic rings. The fraction of sp³-hybridized carbons (Fsp3) is 0.231. The van der Waals surface area contributed by atoms with Gasteiger partial charge < -0.3 is 4.74 Å². The number of aryl methyl sites for hydroxylation is 2. The van der Waals surface area contributed by atoms with Crippen LogP contribution in [0, 0.1) is 18.6 Å². The fourth-order valence-electron chi connectivity index (χ4n) is 1.55. The van der Waals surface area contributed by atoms with Crippen LogP contribution >= 0.6 is 15.9 Å². The van der Waals surface area contributed by atoms with Gasteiger partial charge in [0.2, 0.25) is 11.7 Å². The summed E-state index contributed by atoms with van der Waals surface area (Å²) in [7, 11) is 0. The zero-order valence-electron chi connectivity index (χ0n) is 10.4. The van der Waals surface area contributed by atoms with E-state index in [0.717, 1.165) is 11.8 Å². The summed E-state index contributed by atoms with van der Waals surface area (Å²) in [6, 6.07) is 3.98. The van der Waals surface area contributed by atoms with Crippen molar-refractivity contribution < 1.29 is 13.5 Å². The second-order valence-electron chi connectivity index (χ2n) is 3.90. The normalized spacial score (nSPS) is 10.6. The Morgan fingerprint density at radius 1 is 1.21 bits per heavy atom. The van der Waals surface area contributed by atoms with E-state index in [-0.39, 0.29) is 11.6 Å². The van der Waals surface area contributed by atoms with Crippen molar-refractivity contribution in [3.8, 4) is 11.6 Å². The zero-order chi connectivity index (χ0) is 14.0. The Morgan fingerprint density at radius 3 is 2.63 bits per heavy atom. The van der Waals surface area contributed by atoms with E-state index in [0.29, 0.717) is 16.7 Å². The van der Waals surface area contributed by atoms with Gasteiger partial charge >= 0.3 is 0 Å². The highest BCUT2D eigenvalue weighted by atomic mass is 79.9. The summed E-state index contributed by atoms with van der Waals surface area (Å²) in [5.41, 5.74) is 0.776. The van der Waals surface area contributed by atoms with Gasteiger partial charge in [0.1, 0.15) is 5.82 Å². The van der Waals surface area contributed by atoms with Crippen molar-refractivity contribution in [1.29, 1.82) is 0 Å². The number of aromatic nitrogens is 2. The molecule has 0 aliphatic carbocycles. The van der Waals surface area contributed by atoms with Gasteiger partial charge in [0.05, 0.1) is 0 Å². The first kappa shape index (κ1) is 13.9. The van der Waals surface area contributed by atoms with E-state index in [1.165, 1.54) is 6.07 Å². The molecule has 2 aromatic rings. The lowest BCUT2D eigenvalue weighted by Crippen LogP contribution is -1.99. The van der Waals surface area contributed by atoms with Crippen LogP contribution in [0.25, 0.3) is 0 Å². The summed E-state index contributed by atoms with van der Waals surface area (Å²) in [5.74, 6) is -1.53. The first-order valence-corrected chi connectivity index (χ1v) is 6.46. The largest absolute Gasteiger partial charge is 0.436 e. The van der Waals surface area contributed by atoms with Gasteiger partial charge in [-0.25, -0.2) is 9.37 Å². The van der Waals surface area contributed by atoms with Crippen LogP contribution in [0.3, 0.4) is 0 Å². The second-order valence-corrected chi connectivity index (χ2v) is 4.82. The molecule has 1 aromatic heterocycles. The average Bonchev–Trinajstić information content (AvgIpc) is 2.34. The van der Waals surface area contributed by atoms with Crippen LogP contribution in [-0.2, 0) is 6.42 Å². The summed E-state index contributed by atoms with van der Waals surface area (Å²) >= 11 is 3.08. The topological polar surface area (TPSA) is 35.0 Å². The molecule has 0 atom stereocenters. The van der Waals surface area contributed by atoms with Crippen LogP contribution < -0.4 is 4.74 Å². The molecule has 0 spiro atoms. The lowest BCUT2D eigenvalue weighted by atomic mass is 10.3. The van der Waals surface area contributed by atoms with E-state index in [2.05, 4.69) is 25.9 Å². The highest BCUT2D eigenvalue weighted by molar-refractivity contribution is 9.10. The molecule has 2 rings (SSSR count). The maximum atomic E-state index is 13.6. The van der Waals surface area contributed by atoms with Gasteiger partial charge in [-0.2, -0.15) is 9.37 Å². The van der Waals surface area contributed by atoms with Crippen molar-refractivity contribution >= 4 is 15.9 Å². The molecule has 0 unspecified atom stereocenters. The average molecular weight is 329 g/mol. The molecule has 0 amide bonds. The monoisotopic (exact) mass is 328 g/mol. The highest BCUT2D eigenvalue weighted by Crippen LogP contribution is 2.29. The molecule has 100 valence electrons. The van der Waals surface area contributed by atoms with Crippen molar-refractivity contribution in [3.63, 3.8) is 0 Å². The number of halogens is 3. The van der Waals surface area contributed by atoms with Crippen LogP contribution in [0.4, 0.5) is 8.78 Å². The first-order valence-electron chi connectivity index (χ1n) is 5.66. The van der Waals surface area contributed by atoms with Crippen LogP contribution in [-0.4, -0.2) is 9.97 Å². The lowest BCUT2D eigenvalue weighted by Gasteiger charge is -2.08. The van der Waals surface area contributed by atoms with Gasteiger partial charge in [0.25, 0.3) is 0 Å². The molecule has 19 heavy (non-hydrogen) atoms. The molecular weight excluding hydrogens is 318 g/mol. The van der Waals surface area contributed by atoms with Crippen LogP contribution in [0.2, 0.25) is 0 Å². The van der Waals surface area contributed by atoms with E-state index in [9.17, 15) is 8.78 Å². The van der Waals surface area contributed by atoms with Crippen molar-refractivity contribution in [2.24, 2.45) is 0 Å². The summed E-state index contributed by atoms with van der Waals surface area (Å²) in [5, 5.41) is 0. The van der Waals surface area contributed by atoms with Crippen molar-refractivity contribution in [1.82, 2.24) is 9.97 Å². The maximum absolute atomic E-state index is 13.6. The first-order chi connectivity index (χ1) is 8.99. The van der Waals surface area contributed by atoms with Crippen molar-refractivity contribution in [2.45, 2.75) is 20.3 Å². The Morgan fingerprint density at radius 2 is 1.95 bits per heavy atom. The highest BCUT2D eigenvalue weighted by Gasteiger charge is 2.13. The number of benzene rings is 1. The van der Waals surface area contributed by atoms with E-state index >= 15 is 0 Å². The number of hydrogen-bond donors (Lipinski definition) is 0. The standard InChI is InChI=1S/C13H11BrF2N2O/c1-3-9-6-12(18-7(2)17-9)19-11-5-8(14)4-10(15)13(11)16/h4-6H,3H2,1-2H3. The third-order valence-corrected chi connectivity index (χ3v) is 2.86. The molecule has 0 aliphatic heterocycles. The Hall–Kier alpha value is -1.56. The van der Waals surface area contributed by atoms with Crippen LogP contribution in [0.1, 0.15) is 18.4 Å². The Labute approximate surface area is 117 Å². The van der Waals surface area contributed by atoms with Crippen molar-refractivity contribution in [2.75, 3.05) is 0 Å². The predicted octanol–water partition coefficient (Wildman–Crippen LogP) is 4.18. The summed E-state index contributed by atoms with van der Waals surface area (Å²) in [4.78, 5) is 8.22. The molecule has 0 bridgehead atoms. The van der Waals surface area contributed by atoms with E-state index < -0.39 is 11.6 Å². The minimum absolute atomic E-state index is 0.195. The minimum Gasteiger partial charge on any atom is -0.436 e. The van der Waals surface area contributed by atoms with Gasteiger partial charge in [0.15, 0.2) is 11.6 Å². The number of rotatable bonds is 3. The fourth-order valence-corrected chi connectivity index (χ4v) is 1.96. The molecule has 0 saturated heterocycles. The number of ether oxygens (including phenoxy) is 1. The predicted molar refractivity (Wildman–Crippen MR) is 70.3 cm³/mol. The molecule has 0 radical (unpaired) electrons. The summed E-state index contributed by atoms with van der Waals surface area (Å²) in [6.45, 7) is 3.65. The second kappa shape index (κ2) is 5.61. The zero-order valence-corrected chi connectivity index (χ0v) is 12.0. The molecule has 6 heteroatoms. The maximum Gasteiger partial charge on any atom is 0.222 e. The molecule has 1 aromatic carbocycles. The van der Waals surface area contributed by atoms with Gasteiger partial charge in [-0.3, -0.25) is 0 Å². The minimum atomic E-state index is -1.04. The van der Waals surface area contributed by atoms with E-state index in [4.69, 9.17) is 4.74 Å². The third-order valence-electron chi connectivity index (χ3n) is 2.40. The van der Waals surface area contributed by atoms with Gasteiger partial charge in [-0.1, -0.05) is 22.9 Å². The van der Waals surface area contributed by atoms with E-state index in [1.807, 2.05) is 6.92 Å². The quantitative estimate of drug-likeness (QED) is 0.793. The molecule has 0 fully saturated rings. The molecular formula is C13H11BrF2N2O. The third kappa shape index (κ3) is 3.26. The SMILES string of the molecule is CCc1cc(Oc2cc(Br)cc(F)c2F)nc(C)n1. The Kier molecular flexibility index (Phi) is 4.09. The van der Waals surface area contributed by atoms with Gasteiger partial charge in [-0.15, -0.1) is 0 Å². The van der Waals surface area contributed by atoms with Gasteiger partial charge in [-0.05, 0) is 25.5 Å². The van der Waals surface area contributed by atoms with E-state index in [1.54, 1.807) is 13.0 Å². The summed E-state index contributed by atoms with van der Waals surface area (Å²) < 4.78 is 32.5. The molecule has 0 saturated carbocycles. The lowest BCUT2D eigenvalue weighted by molar-refractivity contribution is 0.402. The van der Waals surface area contributed by atoms with Crippen molar-refractivity contribution in [3.05, 3.63) is 45.8 Å². The number of hydrogen-bond acceptors (Lipinski definition) is 3. The smallest absolute Gasteiger partial charge is 0.222 e. The summed E-state index contributed by atoms with van der Waals surface area (Å²) in [6.07, 6.45) is 0.703. The molecule has 3 nitrogen and oxygen atoms in total. The van der Waals surface area contributed by atoms with Gasteiger partial charge in [0, 0.05) is 16.2 Å². The molecule has 0 N–H and O–H groups in total. The molecule has 1 heterocycles. The Bertz CT molecular complexity index is 620.